The number of allylic oxidation sites excluding steroid dienone is 4. The summed E-state index contributed by atoms with van der Waals surface area (Å²) >= 11 is 3.39. The van der Waals surface area contributed by atoms with Crippen LogP contribution in [-0.2, 0) is 19.7 Å². The molecule has 0 fully saturated rings. The Morgan fingerprint density at radius 2 is 1.50 bits per heavy atom. The largest absolute Gasteiger partial charge is 0.326 e. The molecular formula is C21H24BrNO3. The highest BCUT2D eigenvalue weighted by Gasteiger charge is 2.38. The minimum atomic E-state index is -0.737. The molecule has 0 unspecified atom stereocenters. The van der Waals surface area contributed by atoms with Crippen molar-refractivity contribution in [2.75, 3.05) is 5.32 Å². The Morgan fingerprint density at radius 3 is 2.04 bits per heavy atom. The molecule has 1 aromatic rings. The molecule has 1 amide bonds. The Kier molecular flexibility index (Phi) is 6.02. The number of rotatable bonds is 5. The van der Waals surface area contributed by atoms with Gasteiger partial charge in [-0.2, -0.15) is 0 Å². The second-order valence-electron chi connectivity index (χ2n) is 7.35. The number of carbonyl (C=O) groups excluding carboxylic acids is 3. The summed E-state index contributed by atoms with van der Waals surface area (Å²) in [7, 11) is 0. The molecule has 1 aliphatic carbocycles. The molecule has 0 atom stereocenters. The van der Waals surface area contributed by atoms with Crippen LogP contribution in [0.3, 0.4) is 0 Å². The molecule has 5 heteroatoms. The fourth-order valence-electron chi connectivity index (χ4n) is 3.28. The van der Waals surface area contributed by atoms with Crippen LogP contribution in [-0.4, -0.2) is 17.5 Å². The Hall–Kier alpha value is -2.01. The van der Waals surface area contributed by atoms with Crippen molar-refractivity contribution in [2.45, 2.75) is 46.4 Å². The normalized spacial score (nSPS) is 15.6. The number of hydrogen-bond acceptors (Lipinski definition) is 3. The zero-order chi connectivity index (χ0) is 19.6. The summed E-state index contributed by atoms with van der Waals surface area (Å²) in [5, 5.41) is 3.62. The number of carbonyl (C=O) groups is 3. The summed E-state index contributed by atoms with van der Waals surface area (Å²) in [4.78, 5) is 37.7. The summed E-state index contributed by atoms with van der Waals surface area (Å²) < 4.78 is 0. The van der Waals surface area contributed by atoms with Crippen molar-refractivity contribution >= 4 is 39.1 Å². The third-order valence-electron chi connectivity index (χ3n) is 4.86. The molecular weight excluding hydrogens is 394 g/mol. The van der Waals surface area contributed by atoms with Gasteiger partial charge < -0.3 is 5.32 Å². The lowest BCUT2D eigenvalue weighted by molar-refractivity contribution is -0.119. The fourth-order valence-corrected chi connectivity index (χ4v) is 3.65. The van der Waals surface area contributed by atoms with Gasteiger partial charge in [-0.1, -0.05) is 41.9 Å². The van der Waals surface area contributed by atoms with E-state index in [-0.39, 0.29) is 23.9 Å². The van der Waals surface area contributed by atoms with Gasteiger partial charge in [0.2, 0.25) is 5.91 Å². The maximum atomic E-state index is 12.7. The zero-order valence-corrected chi connectivity index (χ0v) is 17.4. The summed E-state index contributed by atoms with van der Waals surface area (Å²) in [6.07, 6.45) is 0.116. The predicted molar refractivity (Wildman–Crippen MR) is 107 cm³/mol. The van der Waals surface area contributed by atoms with Gasteiger partial charge in [0.25, 0.3) is 0 Å². The highest BCUT2D eigenvalue weighted by atomic mass is 79.9. The van der Waals surface area contributed by atoms with Crippen LogP contribution in [0.25, 0.3) is 0 Å². The molecule has 26 heavy (non-hydrogen) atoms. The van der Waals surface area contributed by atoms with Gasteiger partial charge in [0.05, 0.1) is 0 Å². The topological polar surface area (TPSA) is 63.2 Å². The number of benzene rings is 1. The van der Waals surface area contributed by atoms with E-state index in [1.165, 1.54) is 0 Å². The number of Topliss-reactive ketones (excluding diaryl/α,β-unsaturated/α-hetero) is 2. The summed E-state index contributed by atoms with van der Waals surface area (Å²) in [6, 6.07) is 7.56. The number of amides is 1. The number of alkyl halides is 1. The van der Waals surface area contributed by atoms with E-state index < -0.39 is 5.41 Å². The van der Waals surface area contributed by atoms with Crippen molar-refractivity contribution in [3.8, 4) is 0 Å². The van der Waals surface area contributed by atoms with Crippen molar-refractivity contribution in [3.05, 3.63) is 52.1 Å². The molecule has 1 aliphatic rings. The molecule has 4 nitrogen and oxygen atoms in total. The summed E-state index contributed by atoms with van der Waals surface area (Å²) in [5.74, 6) is -0.443. The standard InChI is InChI=1S/C21H24BrNO3/c1-12-13(2)20(26)18(14(3)19(12)25)21(4,5)10-17(24)23-16-8-6-15(11-22)7-9-16/h6-9H,10-11H2,1-5H3,(H,23,24). The average molecular weight is 418 g/mol. The SMILES string of the molecule is CC1=C(C)C(=O)C(C(C)(C)CC(=O)Nc2ccc(CBr)cc2)=C(C)C1=O. The molecule has 0 spiro atoms. The number of anilines is 1. The molecule has 138 valence electrons. The highest BCUT2D eigenvalue weighted by Crippen LogP contribution is 2.38. The van der Waals surface area contributed by atoms with Gasteiger partial charge in [-0.05, 0) is 38.5 Å². The third kappa shape index (κ3) is 4.04. The molecule has 2 rings (SSSR count). The van der Waals surface area contributed by atoms with Crippen LogP contribution >= 0.6 is 15.9 Å². The van der Waals surface area contributed by atoms with Gasteiger partial charge in [0, 0.05) is 45.1 Å². The molecule has 0 heterocycles. The highest BCUT2D eigenvalue weighted by molar-refractivity contribution is 9.08. The van der Waals surface area contributed by atoms with Crippen LogP contribution in [0.5, 0.6) is 0 Å². The monoisotopic (exact) mass is 417 g/mol. The van der Waals surface area contributed by atoms with Gasteiger partial charge >= 0.3 is 0 Å². The van der Waals surface area contributed by atoms with Crippen molar-refractivity contribution in [1.29, 1.82) is 0 Å². The van der Waals surface area contributed by atoms with Crippen molar-refractivity contribution in [2.24, 2.45) is 5.41 Å². The predicted octanol–water partition coefficient (Wildman–Crippen LogP) is 4.74. The zero-order valence-electron chi connectivity index (χ0n) is 15.8. The van der Waals surface area contributed by atoms with Gasteiger partial charge in [0.15, 0.2) is 11.6 Å². The quantitative estimate of drug-likeness (QED) is 0.555. The van der Waals surface area contributed by atoms with E-state index in [1.54, 1.807) is 20.8 Å². The number of halogens is 1. The molecule has 0 saturated heterocycles. The minimum absolute atomic E-state index is 0.115. The Morgan fingerprint density at radius 1 is 0.962 bits per heavy atom. The van der Waals surface area contributed by atoms with Crippen LogP contribution in [0, 0.1) is 5.41 Å². The number of hydrogen-bond donors (Lipinski definition) is 1. The molecule has 0 aliphatic heterocycles. The number of ketones is 2. The lowest BCUT2D eigenvalue weighted by atomic mass is 9.71. The van der Waals surface area contributed by atoms with Crippen LogP contribution in [0.15, 0.2) is 46.6 Å². The first-order chi connectivity index (χ1) is 12.1. The molecule has 0 radical (unpaired) electrons. The maximum Gasteiger partial charge on any atom is 0.225 e. The average Bonchev–Trinajstić information content (AvgIpc) is 2.58. The van der Waals surface area contributed by atoms with E-state index in [9.17, 15) is 14.4 Å². The van der Waals surface area contributed by atoms with Gasteiger partial charge in [-0.15, -0.1) is 0 Å². The maximum absolute atomic E-state index is 12.7. The van der Waals surface area contributed by atoms with Gasteiger partial charge in [0.1, 0.15) is 0 Å². The second-order valence-corrected chi connectivity index (χ2v) is 7.91. The number of nitrogens with one attached hydrogen (secondary N) is 1. The van der Waals surface area contributed by atoms with Gasteiger partial charge in [-0.3, -0.25) is 14.4 Å². The van der Waals surface area contributed by atoms with E-state index >= 15 is 0 Å². The first kappa shape index (κ1) is 20.3. The van der Waals surface area contributed by atoms with Crippen LogP contribution in [0.4, 0.5) is 5.69 Å². The Bertz CT molecular complexity index is 829. The molecule has 1 N–H and O–H groups in total. The van der Waals surface area contributed by atoms with E-state index in [2.05, 4.69) is 21.2 Å². The Labute approximate surface area is 162 Å². The van der Waals surface area contributed by atoms with Crippen LogP contribution in [0.2, 0.25) is 0 Å². The lowest BCUT2D eigenvalue weighted by Crippen LogP contribution is -2.33. The first-order valence-electron chi connectivity index (χ1n) is 8.51. The molecule has 0 saturated carbocycles. The van der Waals surface area contributed by atoms with Crippen LogP contribution in [0.1, 0.15) is 46.6 Å². The Balaban J connectivity index is 2.20. The summed E-state index contributed by atoms with van der Waals surface area (Å²) in [5.41, 5.74) is 2.93. The van der Waals surface area contributed by atoms with Crippen molar-refractivity contribution in [3.63, 3.8) is 0 Å². The molecule has 1 aromatic carbocycles. The fraction of sp³-hybridized carbons (Fsp3) is 0.381. The summed E-state index contributed by atoms with van der Waals surface area (Å²) in [6.45, 7) is 8.68. The van der Waals surface area contributed by atoms with Crippen molar-refractivity contribution < 1.29 is 14.4 Å². The van der Waals surface area contributed by atoms with Crippen LogP contribution < -0.4 is 5.32 Å². The molecule has 0 aromatic heterocycles. The third-order valence-corrected chi connectivity index (χ3v) is 5.51. The second kappa shape index (κ2) is 7.70. The lowest BCUT2D eigenvalue weighted by Gasteiger charge is -2.31. The van der Waals surface area contributed by atoms with Crippen molar-refractivity contribution in [1.82, 2.24) is 0 Å². The molecule has 0 bridgehead atoms. The van der Waals surface area contributed by atoms with E-state index in [4.69, 9.17) is 0 Å². The first-order valence-corrected chi connectivity index (χ1v) is 9.63. The van der Waals surface area contributed by atoms with Gasteiger partial charge in [-0.25, -0.2) is 0 Å². The minimum Gasteiger partial charge on any atom is -0.326 e. The van der Waals surface area contributed by atoms with E-state index in [0.29, 0.717) is 28.0 Å². The van der Waals surface area contributed by atoms with E-state index in [1.807, 2.05) is 38.1 Å². The van der Waals surface area contributed by atoms with E-state index in [0.717, 1.165) is 10.9 Å². The smallest absolute Gasteiger partial charge is 0.225 e.